The molecule has 1 aliphatic rings. The average molecular weight is 167 g/mol. The van der Waals surface area contributed by atoms with Gasteiger partial charge < -0.3 is 5.73 Å². The second-order valence-corrected chi connectivity index (χ2v) is 3.77. The second-order valence-electron chi connectivity index (χ2n) is 3.77. The molecule has 0 amide bonds. The molecule has 5 nitrogen and oxygen atoms in total. The van der Waals surface area contributed by atoms with Crippen molar-refractivity contribution in [1.82, 2.24) is 20.2 Å². The number of tetrazole rings is 1. The predicted octanol–water partition coefficient (Wildman–Crippen LogP) is -0.0681. The summed E-state index contributed by atoms with van der Waals surface area (Å²) in [6.07, 6.45) is 2.55. The number of hydrogen-bond donors (Lipinski definition) is 1. The third-order valence-electron chi connectivity index (χ3n) is 2.42. The Labute approximate surface area is 70.9 Å². The minimum absolute atomic E-state index is 0.420. The van der Waals surface area contributed by atoms with Crippen molar-refractivity contribution >= 4 is 0 Å². The highest BCUT2D eigenvalue weighted by Gasteiger charge is 2.38. The number of aromatic nitrogens is 4. The Kier molecular flexibility index (Phi) is 1.61. The van der Waals surface area contributed by atoms with Crippen LogP contribution in [-0.2, 0) is 13.1 Å². The van der Waals surface area contributed by atoms with Crippen molar-refractivity contribution in [3.63, 3.8) is 0 Å². The maximum absolute atomic E-state index is 5.47. The van der Waals surface area contributed by atoms with Gasteiger partial charge in [0.1, 0.15) is 0 Å². The molecule has 0 saturated heterocycles. The van der Waals surface area contributed by atoms with Crippen molar-refractivity contribution in [3.05, 3.63) is 5.82 Å². The Morgan fingerprint density at radius 2 is 2.33 bits per heavy atom. The molecule has 0 bridgehead atoms. The molecule has 66 valence electrons. The predicted molar refractivity (Wildman–Crippen MR) is 43.0 cm³/mol. The van der Waals surface area contributed by atoms with E-state index in [1.807, 2.05) is 4.68 Å². The van der Waals surface area contributed by atoms with Gasteiger partial charge in [0.05, 0.1) is 13.1 Å². The van der Waals surface area contributed by atoms with Gasteiger partial charge in [-0.15, -0.1) is 5.10 Å². The van der Waals surface area contributed by atoms with Crippen molar-refractivity contribution in [1.29, 1.82) is 0 Å². The molecule has 1 fully saturated rings. The zero-order chi connectivity index (χ0) is 8.60. The maximum Gasteiger partial charge on any atom is 0.164 e. The van der Waals surface area contributed by atoms with Crippen LogP contribution in [0.5, 0.6) is 0 Å². The van der Waals surface area contributed by atoms with Crippen LogP contribution in [0.25, 0.3) is 0 Å². The Morgan fingerprint density at radius 3 is 2.92 bits per heavy atom. The van der Waals surface area contributed by atoms with E-state index in [-0.39, 0.29) is 0 Å². The first-order valence-electron chi connectivity index (χ1n) is 4.19. The fraction of sp³-hybridized carbons (Fsp3) is 0.857. The van der Waals surface area contributed by atoms with E-state index in [1.54, 1.807) is 0 Å². The largest absolute Gasteiger partial charge is 0.324 e. The third-order valence-corrected chi connectivity index (χ3v) is 2.42. The van der Waals surface area contributed by atoms with Gasteiger partial charge in [-0.2, -0.15) is 0 Å². The maximum atomic E-state index is 5.47. The Balaban J connectivity index is 2.11. The van der Waals surface area contributed by atoms with E-state index in [9.17, 15) is 0 Å². The minimum Gasteiger partial charge on any atom is -0.324 e. The Morgan fingerprint density at radius 1 is 1.58 bits per heavy atom. The molecule has 0 spiro atoms. The van der Waals surface area contributed by atoms with E-state index in [4.69, 9.17) is 5.73 Å². The van der Waals surface area contributed by atoms with Crippen LogP contribution in [0.15, 0.2) is 0 Å². The van der Waals surface area contributed by atoms with Crippen LogP contribution < -0.4 is 5.73 Å². The summed E-state index contributed by atoms with van der Waals surface area (Å²) in [7, 11) is 0. The molecular weight excluding hydrogens is 154 g/mol. The molecule has 2 rings (SSSR count). The van der Waals surface area contributed by atoms with Crippen LogP contribution in [-0.4, -0.2) is 20.2 Å². The van der Waals surface area contributed by atoms with E-state index in [1.165, 1.54) is 12.8 Å². The molecule has 0 aliphatic heterocycles. The van der Waals surface area contributed by atoms with E-state index in [0.717, 1.165) is 12.4 Å². The summed E-state index contributed by atoms with van der Waals surface area (Å²) >= 11 is 0. The van der Waals surface area contributed by atoms with Crippen LogP contribution in [0.2, 0.25) is 0 Å². The molecule has 1 aromatic heterocycles. The molecule has 0 unspecified atom stereocenters. The molecule has 0 radical (unpaired) electrons. The topological polar surface area (TPSA) is 69.6 Å². The van der Waals surface area contributed by atoms with Crippen LogP contribution in [0, 0.1) is 5.41 Å². The highest BCUT2D eigenvalue weighted by molar-refractivity contribution is 4.90. The van der Waals surface area contributed by atoms with Gasteiger partial charge in [0.2, 0.25) is 0 Å². The molecule has 1 aromatic rings. The summed E-state index contributed by atoms with van der Waals surface area (Å²) in [6, 6.07) is 0. The highest BCUT2D eigenvalue weighted by Crippen LogP contribution is 2.46. The fourth-order valence-corrected chi connectivity index (χ4v) is 1.23. The van der Waals surface area contributed by atoms with E-state index in [0.29, 0.717) is 12.0 Å². The molecule has 1 saturated carbocycles. The van der Waals surface area contributed by atoms with Crippen molar-refractivity contribution in [2.75, 3.05) is 0 Å². The van der Waals surface area contributed by atoms with Gasteiger partial charge in [0, 0.05) is 0 Å². The van der Waals surface area contributed by atoms with Gasteiger partial charge in [-0.1, -0.05) is 6.92 Å². The smallest absolute Gasteiger partial charge is 0.164 e. The fourth-order valence-electron chi connectivity index (χ4n) is 1.23. The monoisotopic (exact) mass is 167 g/mol. The molecule has 2 N–H and O–H groups in total. The third kappa shape index (κ3) is 1.32. The van der Waals surface area contributed by atoms with Gasteiger partial charge in [0.25, 0.3) is 0 Å². The van der Waals surface area contributed by atoms with Crippen molar-refractivity contribution in [2.45, 2.75) is 32.9 Å². The lowest BCUT2D eigenvalue weighted by Crippen LogP contribution is -2.15. The zero-order valence-corrected chi connectivity index (χ0v) is 7.19. The summed E-state index contributed by atoms with van der Waals surface area (Å²) < 4.78 is 1.81. The molecular formula is C7H13N5. The summed E-state index contributed by atoms with van der Waals surface area (Å²) in [5, 5.41) is 11.3. The number of rotatable bonds is 3. The first kappa shape index (κ1) is 7.67. The van der Waals surface area contributed by atoms with Gasteiger partial charge in [-0.3, -0.25) is 0 Å². The average Bonchev–Trinajstić information content (AvgIpc) is 2.64. The lowest BCUT2D eigenvalue weighted by molar-refractivity contribution is 0.414. The molecule has 0 atom stereocenters. The van der Waals surface area contributed by atoms with Crippen LogP contribution in [0.4, 0.5) is 0 Å². The van der Waals surface area contributed by atoms with Gasteiger partial charge >= 0.3 is 0 Å². The minimum atomic E-state index is 0.420. The van der Waals surface area contributed by atoms with E-state index >= 15 is 0 Å². The summed E-state index contributed by atoms with van der Waals surface area (Å²) in [4.78, 5) is 0. The van der Waals surface area contributed by atoms with E-state index in [2.05, 4.69) is 22.4 Å². The van der Waals surface area contributed by atoms with Crippen molar-refractivity contribution < 1.29 is 0 Å². The van der Waals surface area contributed by atoms with E-state index < -0.39 is 0 Å². The number of hydrogen-bond acceptors (Lipinski definition) is 4. The highest BCUT2D eigenvalue weighted by atomic mass is 15.5. The van der Waals surface area contributed by atoms with Crippen LogP contribution in [0.1, 0.15) is 25.6 Å². The van der Waals surface area contributed by atoms with Gasteiger partial charge in [-0.05, 0) is 28.7 Å². The van der Waals surface area contributed by atoms with Gasteiger partial charge in [-0.25, -0.2) is 4.68 Å². The SMILES string of the molecule is CC1(Cn2nnnc2CN)CC1. The van der Waals surface area contributed by atoms with Gasteiger partial charge in [0.15, 0.2) is 5.82 Å². The lowest BCUT2D eigenvalue weighted by Gasteiger charge is -2.07. The summed E-state index contributed by atoms with van der Waals surface area (Å²) in [6.45, 7) is 3.57. The lowest BCUT2D eigenvalue weighted by atomic mass is 10.1. The number of nitrogens with two attached hydrogens (primary N) is 1. The Hall–Kier alpha value is -0.970. The van der Waals surface area contributed by atoms with Crippen LogP contribution in [0.3, 0.4) is 0 Å². The summed E-state index contributed by atoms with van der Waals surface area (Å²) in [5.41, 5.74) is 5.90. The first-order valence-corrected chi connectivity index (χ1v) is 4.19. The first-order chi connectivity index (χ1) is 5.73. The molecule has 1 heterocycles. The molecule has 5 heteroatoms. The normalized spacial score (nSPS) is 19.5. The Bertz CT molecular complexity index is 275. The van der Waals surface area contributed by atoms with Crippen molar-refractivity contribution in [3.8, 4) is 0 Å². The molecule has 12 heavy (non-hydrogen) atoms. The standard InChI is InChI=1S/C7H13N5/c1-7(2-3-7)5-12-6(4-8)9-10-11-12/h2-5,8H2,1H3. The molecule has 0 aromatic carbocycles. The second kappa shape index (κ2) is 2.52. The summed E-state index contributed by atoms with van der Waals surface area (Å²) in [5.74, 6) is 0.781. The number of nitrogens with zero attached hydrogens (tertiary/aromatic N) is 4. The van der Waals surface area contributed by atoms with Crippen molar-refractivity contribution in [2.24, 2.45) is 11.1 Å². The van der Waals surface area contributed by atoms with Crippen LogP contribution >= 0.6 is 0 Å². The zero-order valence-electron chi connectivity index (χ0n) is 7.19. The quantitative estimate of drug-likeness (QED) is 0.684. The molecule has 1 aliphatic carbocycles.